The Morgan fingerprint density at radius 3 is 2.42 bits per heavy atom. The van der Waals surface area contributed by atoms with Crippen molar-refractivity contribution in [3.63, 3.8) is 0 Å². The van der Waals surface area contributed by atoms with Crippen LogP contribution in [0, 0.1) is 0 Å². The van der Waals surface area contributed by atoms with E-state index in [0.29, 0.717) is 5.25 Å². The van der Waals surface area contributed by atoms with Crippen molar-refractivity contribution in [2.24, 2.45) is 0 Å². The molecule has 1 aromatic carbocycles. The summed E-state index contributed by atoms with van der Waals surface area (Å²) in [5, 5.41) is 18.8. The van der Waals surface area contributed by atoms with E-state index in [1.165, 1.54) is 6.07 Å². The Balaban J connectivity index is 2.86. The van der Waals surface area contributed by atoms with Gasteiger partial charge in [-0.05, 0) is 12.1 Å². The fourth-order valence-corrected chi connectivity index (χ4v) is 1.69. The number of hydrogen-bond acceptors (Lipinski definition) is 3. The van der Waals surface area contributed by atoms with Gasteiger partial charge in [0, 0.05) is 16.2 Å². The maximum Gasteiger partial charge on any atom is 0.132 e. The van der Waals surface area contributed by atoms with E-state index in [9.17, 15) is 5.11 Å². The highest BCUT2D eigenvalue weighted by atomic mass is 32.2. The molecule has 0 heterocycles. The molecule has 3 heteroatoms. The molecule has 1 rings (SSSR count). The average Bonchev–Trinajstić information content (AvgIpc) is 1.94. The van der Waals surface area contributed by atoms with Crippen LogP contribution in [0.25, 0.3) is 0 Å². The highest BCUT2D eigenvalue weighted by molar-refractivity contribution is 8.00. The van der Waals surface area contributed by atoms with Crippen molar-refractivity contribution >= 4 is 11.8 Å². The average molecular weight is 184 g/mol. The van der Waals surface area contributed by atoms with E-state index in [-0.39, 0.29) is 11.5 Å². The monoisotopic (exact) mass is 184 g/mol. The van der Waals surface area contributed by atoms with Crippen LogP contribution in [0.15, 0.2) is 23.1 Å². The van der Waals surface area contributed by atoms with Crippen molar-refractivity contribution in [1.29, 1.82) is 0 Å². The van der Waals surface area contributed by atoms with Gasteiger partial charge in [0.1, 0.15) is 11.5 Å². The lowest BCUT2D eigenvalue weighted by Crippen LogP contribution is -1.85. The van der Waals surface area contributed by atoms with Crippen molar-refractivity contribution in [1.82, 2.24) is 0 Å². The summed E-state index contributed by atoms with van der Waals surface area (Å²) in [5.41, 5.74) is 0. The van der Waals surface area contributed by atoms with Crippen LogP contribution >= 0.6 is 11.8 Å². The van der Waals surface area contributed by atoms with E-state index in [0.717, 1.165) is 4.90 Å². The third kappa shape index (κ3) is 2.34. The second-order valence-electron chi connectivity index (χ2n) is 2.82. The molecule has 0 aliphatic carbocycles. The van der Waals surface area contributed by atoms with E-state index in [1.54, 1.807) is 23.9 Å². The summed E-state index contributed by atoms with van der Waals surface area (Å²) in [7, 11) is 0. The molecule has 2 N–H and O–H groups in total. The third-order valence-corrected chi connectivity index (χ3v) is 2.38. The van der Waals surface area contributed by atoms with Crippen molar-refractivity contribution in [3.05, 3.63) is 18.2 Å². The van der Waals surface area contributed by atoms with Gasteiger partial charge in [-0.2, -0.15) is 0 Å². The molecule has 0 fully saturated rings. The first kappa shape index (κ1) is 9.26. The fraction of sp³-hybridized carbons (Fsp3) is 0.333. The predicted molar refractivity (Wildman–Crippen MR) is 50.8 cm³/mol. The van der Waals surface area contributed by atoms with Crippen LogP contribution in [-0.2, 0) is 0 Å². The number of hydrogen-bond donors (Lipinski definition) is 2. The molecular weight excluding hydrogens is 172 g/mol. The lowest BCUT2D eigenvalue weighted by atomic mass is 10.3. The summed E-state index contributed by atoms with van der Waals surface area (Å²) in [6.07, 6.45) is 0. The molecule has 0 atom stereocenters. The number of rotatable bonds is 2. The van der Waals surface area contributed by atoms with Crippen LogP contribution in [0.4, 0.5) is 0 Å². The summed E-state index contributed by atoms with van der Waals surface area (Å²) < 4.78 is 0. The van der Waals surface area contributed by atoms with Crippen molar-refractivity contribution < 1.29 is 10.2 Å². The van der Waals surface area contributed by atoms with Crippen LogP contribution in [-0.4, -0.2) is 15.5 Å². The van der Waals surface area contributed by atoms with Crippen molar-refractivity contribution in [2.75, 3.05) is 0 Å². The van der Waals surface area contributed by atoms with Gasteiger partial charge in [0.05, 0.1) is 0 Å². The van der Waals surface area contributed by atoms with Gasteiger partial charge in [-0.1, -0.05) is 13.8 Å². The number of thioether (sulfide) groups is 1. The molecule has 0 saturated carbocycles. The van der Waals surface area contributed by atoms with Gasteiger partial charge in [0.2, 0.25) is 0 Å². The molecule has 2 nitrogen and oxygen atoms in total. The van der Waals surface area contributed by atoms with Crippen molar-refractivity contribution in [3.8, 4) is 11.5 Å². The molecule has 12 heavy (non-hydrogen) atoms. The molecule has 0 radical (unpaired) electrons. The first-order chi connectivity index (χ1) is 5.59. The minimum absolute atomic E-state index is 0.0978. The SMILES string of the molecule is CC(C)Sc1ccc(O)cc1O. The van der Waals surface area contributed by atoms with E-state index in [2.05, 4.69) is 13.8 Å². The molecule has 0 aliphatic heterocycles. The van der Waals surface area contributed by atoms with Crippen LogP contribution in [0.5, 0.6) is 11.5 Å². The lowest BCUT2D eigenvalue weighted by Gasteiger charge is -2.06. The number of aromatic hydroxyl groups is 2. The largest absolute Gasteiger partial charge is 0.508 e. The summed E-state index contributed by atoms with van der Waals surface area (Å²) in [5.74, 6) is 0.245. The van der Waals surface area contributed by atoms with Gasteiger partial charge < -0.3 is 10.2 Å². The van der Waals surface area contributed by atoms with E-state index < -0.39 is 0 Å². The quantitative estimate of drug-likeness (QED) is 0.694. The maximum absolute atomic E-state index is 9.36. The second kappa shape index (κ2) is 3.72. The van der Waals surface area contributed by atoms with Gasteiger partial charge in [-0.25, -0.2) is 0 Å². The Kier molecular flexibility index (Phi) is 2.87. The minimum Gasteiger partial charge on any atom is -0.508 e. The van der Waals surface area contributed by atoms with Crippen LogP contribution < -0.4 is 0 Å². The van der Waals surface area contributed by atoms with Crippen molar-refractivity contribution in [2.45, 2.75) is 24.0 Å². The third-order valence-electron chi connectivity index (χ3n) is 1.31. The maximum atomic E-state index is 9.36. The normalized spacial score (nSPS) is 10.6. The Hall–Kier alpha value is -0.830. The van der Waals surface area contributed by atoms with Gasteiger partial charge in [-0.15, -0.1) is 11.8 Å². The summed E-state index contributed by atoms with van der Waals surface area (Å²) in [4.78, 5) is 0.808. The Bertz CT molecular complexity index is 271. The van der Waals surface area contributed by atoms with Gasteiger partial charge in [0.25, 0.3) is 0 Å². The van der Waals surface area contributed by atoms with Crippen LogP contribution in [0.2, 0.25) is 0 Å². The predicted octanol–water partition coefficient (Wildman–Crippen LogP) is 2.60. The fourth-order valence-electron chi connectivity index (χ4n) is 0.859. The number of phenols is 2. The second-order valence-corrected chi connectivity index (χ2v) is 4.44. The summed E-state index contributed by atoms with van der Waals surface area (Å²) in [6.45, 7) is 4.11. The highest BCUT2D eigenvalue weighted by Crippen LogP contribution is 2.33. The van der Waals surface area contributed by atoms with Gasteiger partial charge in [0.15, 0.2) is 0 Å². The van der Waals surface area contributed by atoms with E-state index in [1.807, 2.05) is 0 Å². The zero-order chi connectivity index (χ0) is 9.14. The molecule has 0 aromatic heterocycles. The topological polar surface area (TPSA) is 40.5 Å². The standard InChI is InChI=1S/C9H12O2S/c1-6(2)12-9-4-3-7(10)5-8(9)11/h3-6,10-11H,1-2H3. The minimum atomic E-state index is 0.0978. The summed E-state index contributed by atoms with van der Waals surface area (Å²) >= 11 is 1.57. The molecule has 0 spiro atoms. The smallest absolute Gasteiger partial charge is 0.132 e. The number of phenolic OH excluding ortho intramolecular Hbond substituents is 2. The Morgan fingerprint density at radius 1 is 1.25 bits per heavy atom. The molecule has 0 bridgehead atoms. The van der Waals surface area contributed by atoms with Gasteiger partial charge >= 0.3 is 0 Å². The van der Waals surface area contributed by atoms with E-state index >= 15 is 0 Å². The first-order valence-corrected chi connectivity index (χ1v) is 4.66. The first-order valence-electron chi connectivity index (χ1n) is 3.78. The summed E-state index contributed by atoms with van der Waals surface area (Å²) in [6, 6.07) is 4.64. The number of benzene rings is 1. The molecule has 0 saturated heterocycles. The lowest BCUT2D eigenvalue weighted by molar-refractivity contribution is 0.442. The van der Waals surface area contributed by atoms with Crippen LogP contribution in [0.1, 0.15) is 13.8 Å². The molecular formula is C9H12O2S. The zero-order valence-corrected chi connectivity index (χ0v) is 7.93. The molecule has 0 aliphatic rings. The Morgan fingerprint density at radius 2 is 1.92 bits per heavy atom. The van der Waals surface area contributed by atoms with Crippen LogP contribution in [0.3, 0.4) is 0 Å². The van der Waals surface area contributed by atoms with Gasteiger partial charge in [-0.3, -0.25) is 0 Å². The highest BCUT2D eigenvalue weighted by Gasteiger charge is 2.04. The van der Waals surface area contributed by atoms with E-state index in [4.69, 9.17) is 5.11 Å². The Labute approximate surface area is 76.2 Å². The molecule has 1 aromatic rings. The zero-order valence-electron chi connectivity index (χ0n) is 7.11. The molecule has 0 amide bonds. The molecule has 0 unspecified atom stereocenters. The molecule has 66 valence electrons.